The lowest BCUT2D eigenvalue weighted by molar-refractivity contribution is 0.296. The number of rotatable bonds is 6. The predicted octanol–water partition coefficient (Wildman–Crippen LogP) is 3.66. The van der Waals surface area contributed by atoms with Crippen molar-refractivity contribution in [1.82, 2.24) is 0 Å². The SMILES string of the molecule is N#C[C@@H]1CCC[C@H](Nc2ccc(SCCCO)cc2)C1. The van der Waals surface area contributed by atoms with E-state index in [9.17, 15) is 0 Å². The number of hydrogen-bond donors (Lipinski definition) is 2. The second-order valence-corrected chi connectivity index (χ2v) is 6.45. The Bertz CT molecular complexity index is 441. The van der Waals surface area contributed by atoms with Crippen molar-refractivity contribution < 1.29 is 5.11 Å². The van der Waals surface area contributed by atoms with Crippen LogP contribution in [0.3, 0.4) is 0 Å². The molecular formula is C16H22N2OS. The van der Waals surface area contributed by atoms with E-state index in [-0.39, 0.29) is 12.5 Å². The molecule has 2 N–H and O–H groups in total. The Morgan fingerprint density at radius 2 is 2.10 bits per heavy atom. The third kappa shape index (κ3) is 4.73. The van der Waals surface area contributed by atoms with Crippen LogP contribution in [0.25, 0.3) is 0 Å². The fraction of sp³-hybridized carbons (Fsp3) is 0.562. The quantitative estimate of drug-likeness (QED) is 0.620. The number of aliphatic hydroxyl groups is 1. The zero-order valence-corrected chi connectivity index (χ0v) is 12.5. The van der Waals surface area contributed by atoms with Gasteiger partial charge >= 0.3 is 0 Å². The van der Waals surface area contributed by atoms with E-state index >= 15 is 0 Å². The summed E-state index contributed by atoms with van der Waals surface area (Å²) in [6.45, 7) is 0.258. The van der Waals surface area contributed by atoms with Crippen LogP contribution < -0.4 is 5.32 Å². The largest absolute Gasteiger partial charge is 0.396 e. The van der Waals surface area contributed by atoms with Gasteiger partial charge in [-0.2, -0.15) is 5.26 Å². The maximum absolute atomic E-state index is 9.02. The van der Waals surface area contributed by atoms with Gasteiger partial charge in [0.05, 0.1) is 6.07 Å². The summed E-state index contributed by atoms with van der Waals surface area (Å²) in [5.74, 6) is 1.17. The molecule has 1 aromatic carbocycles. The minimum Gasteiger partial charge on any atom is -0.396 e. The van der Waals surface area contributed by atoms with Gasteiger partial charge in [-0.3, -0.25) is 0 Å². The van der Waals surface area contributed by atoms with Gasteiger partial charge in [0.2, 0.25) is 0 Å². The van der Waals surface area contributed by atoms with Crippen molar-refractivity contribution in [2.45, 2.75) is 43.0 Å². The van der Waals surface area contributed by atoms with Gasteiger partial charge in [0.25, 0.3) is 0 Å². The smallest absolute Gasteiger partial charge is 0.0656 e. The van der Waals surface area contributed by atoms with Crippen molar-refractivity contribution in [3.05, 3.63) is 24.3 Å². The van der Waals surface area contributed by atoms with E-state index in [0.717, 1.165) is 43.5 Å². The van der Waals surface area contributed by atoms with Crippen LogP contribution in [0.2, 0.25) is 0 Å². The van der Waals surface area contributed by atoms with Gasteiger partial charge in [0.1, 0.15) is 0 Å². The first-order chi connectivity index (χ1) is 9.81. The fourth-order valence-corrected chi connectivity index (χ4v) is 3.41. The highest BCUT2D eigenvalue weighted by Crippen LogP contribution is 2.27. The molecule has 0 aromatic heterocycles. The number of nitrogens with zero attached hydrogens (tertiary/aromatic N) is 1. The van der Waals surface area contributed by atoms with Crippen molar-refractivity contribution in [1.29, 1.82) is 5.26 Å². The number of anilines is 1. The Morgan fingerprint density at radius 1 is 1.30 bits per heavy atom. The van der Waals surface area contributed by atoms with Crippen molar-refractivity contribution in [3.8, 4) is 6.07 Å². The number of aliphatic hydroxyl groups excluding tert-OH is 1. The van der Waals surface area contributed by atoms with E-state index in [0.29, 0.717) is 6.04 Å². The van der Waals surface area contributed by atoms with Crippen molar-refractivity contribution >= 4 is 17.4 Å². The van der Waals surface area contributed by atoms with Crippen LogP contribution >= 0.6 is 11.8 Å². The number of nitriles is 1. The van der Waals surface area contributed by atoms with Crippen molar-refractivity contribution in [3.63, 3.8) is 0 Å². The zero-order chi connectivity index (χ0) is 14.2. The molecule has 1 saturated carbocycles. The van der Waals surface area contributed by atoms with E-state index in [1.165, 1.54) is 4.90 Å². The maximum Gasteiger partial charge on any atom is 0.0656 e. The Morgan fingerprint density at radius 3 is 2.80 bits per heavy atom. The minimum absolute atomic E-state index is 0.217. The van der Waals surface area contributed by atoms with Gasteiger partial charge in [-0.15, -0.1) is 11.8 Å². The lowest BCUT2D eigenvalue weighted by Gasteiger charge is -2.27. The lowest BCUT2D eigenvalue weighted by atomic mass is 9.86. The van der Waals surface area contributed by atoms with Crippen LogP contribution in [0.4, 0.5) is 5.69 Å². The van der Waals surface area contributed by atoms with Crippen LogP contribution in [0.5, 0.6) is 0 Å². The first-order valence-electron chi connectivity index (χ1n) is 7.31. The molecule has 1 aliphatic carbocycles. The van der Waals surface area contributed by atoms with E-state index in [1.54, 1.807) is 11.8 Å². The number of thioether (sulfide) groups is 1. The van der Waals surface area contributed by atoms with Crippen LogP contribution in [-0.2, 0) is 0 Å². The fourth-order valence-electron chi connectivity index (χ4n) is 2.58. The predicted molar refractivity (Wildman–Crippen MR) is 83.9 cm³/mol. The third-order valence-corrected chi connectivity index (χ3v) is 4.75. The van der Waals surface area contributed by atoms with Gasteiger partial charge in [-0.1, -0.05) is 6.42 Å². The van der Waals surface area contributed by atoms with Gasteiger partial charge < -0.3 is 10.4 Å². The number of hydrogen-bond acceptors (Lipinski definition) is 4. The number of benzene rings is 1. The zero-order valence-electron chi connectivity index (χ0n) is 11.7. The Balaban J connectivity index is 1.82. The summed E-state index contributed by atoms with van der Waals surface area (Å²) in [6, 6.07) is 11.3. The van der Waals surface area contributed by atoms with Crippen LogP contribution in [-0.4, -0.2) is 23.5 Å². The summed E-state index contributed by atoms with van der Waals surface area (Å²) in [5.41, 5.74) is 1.14. The topological polar surface area (TPSA) is 56.0 Å². The minimum atomic E-state index is 0.217. The van der Waals surface area contributed by atoms with E-state index in [1.807, 2.05) is 0 Å². The molecule has 0 radical (unpaired) electrons. The molecule has 0 bridgehead atoms. The Kier molecular flexibility index (Phi) is 6.23. The first-order valence-corrected chi connectivity index (χ1v) is 8.30. The molecule has 4 heteroatoms. The molecule has 3 nitrogen and oxygen atoms in total. The lowest BCUT2D eigenvalue weighted by Crippen LogP contribution is -2.26. The molecule has 0 saturated heterocycles. The maximum atomic E-state index is 9.02. The second kappa shape index (κ2) is 8.18. The molecule has 0 amide bonds. The van der Waals surface area contributed by atoms with Crippen molar-refractivity contribution in [2.24, 2.45) is 5.92 Å². The summed E-state index contributed by atoms with van der Waals surface area (Å²) in [5, 5.41) is 21.3. The monoisotopic (exact) mass is 290 g/mol. The third-order valence-electron chi connectivity index (χ3n) is 3.65. The van der Waals surface area contributed by atoms with Crippen LogP contribution in [0, 0.1) is 17.2 Å². The summed E-state index contributed by atoms with van der Waals surface area (Å²) < 4.78 is 0. The van der Waals surface area contributed by atoms with E-state index < -0.39 is 0 Å². The molecule has 108 valence electrons. The molecule has 2 rings (SSSR count). The summed E-state index contributed by atoms with van der Waals surface area (Å²) in [4.78, 5) is 1.24. The Hall–Kier alpha value is -1.18. The Labute approximate surface area is 125 Å². The average Bonchev–Trinajstić information content (AvgIpc) is 2.49. The molecule has 0 unspecified atom stereocenters. The van der Waals surface area contributed by atoms with Gasteiger partial charge in [0.15, 0.2) is 0 Å². The molecule has 1 fully saturated rings. The number of nitrogens with one attached hydrogen (secondary N) is 1. The van der Waals surface area contributed by atoms with Crippen LogP contribution in [0.15, 0.2) is 29.2 Å². The molecule has 0 spiro atoms. The molecule has 1 aromatic rings. The highest BCUT2D eigenvalue weighted by molar-refractivity contribution is 7.99. The standard InChI is InChI=1S/C16H22N2OS/c17-12-13-3-1-4-15(11-13)18-14-5-7-16(8-6-14)20-10-2-9-19/h5-8,13,15,18-19H,1-4,9-11H2/t13-,15+/m1/s1. The highest BCUT2D eigenvalue weighted by Gasteiger charge is 2.21. The van der Waals surface area contributed by atoms with E-state index in [2.05, 4.69) is 35.7 Å². The summed E-state index contributed by atoms with van der Waals surface area (Å²) >= 11 is 1.77. The second-order valence-electron chi connectivity index (χ2n) is 5.28. The molecule has 0 aliphatic heterocycles. The summed E-state index contributed by atoms with van der Waals surface area (Å²) in [7, 11) is 0. The molecule has 20 heavy (non-hydrogen) atoms. The molecule has 0 heterocycles. The first kappa shape index (κ1) is 15.2. The van der Waals surface area contributed by atoms with Gasteiger partial charge in [-0.25, -0.2) is 0 Å². The summed E-state index contributed by atoms with van der Waals surface area (Å²) in [6.07, 6.45) is 5.15. The molecule has 2 atom stereocenters. The van der Waals surface area contributed by atoms with Gasteiger partial charge in [0, 0.05) is 34.9 Å². The van der Waals surface area contributed by atoms with Crippen LogP contribution in [0.1, 0.15) is 32.1 Å². The normalized spacial score (nSPS) is 22.2. The van der Waals surface area contributed by atoms with Crippen molar-refractivity contribution in [2.75, 3.05) is 17.7 Å². The molecule has 1 aliphatic rings. The molecular weight excluding hydrogens is 268 g/mol. The average molecular weight is 290 g/mol. The van der Waals surface area contributed by atoms with Gasteiger partial charge in [-0.05, 0) is 49.9 Å². The van der Waals surface area contributed by atoms with E-state index in [4.69, 9.17) is 10.4 Å². The highest BCUT2D eigenvalue weighted by atomic mass is 32.2.